The summed E-state index contributed by atoms with van der Waals surface area (Å²) in [5.74, 6) is -0.719. The number of thioether (sulfide) groups is 1. The minimum absolute atomic E-state index is 0.0759. The number of carbonyl (C=O) groups is 1. The highest BCUT2D eigenvalue weighted by Crippen LogP contribution is 2.41. The van der Waals surface area contributed by atoms with Crippen LogP contribution in [-0.4, -0.2) is 26.4 Å². The smallest absolute Gasteiger partial charge is 0.313 e. The Morgan fingerprint density at radius 3 is 2.88 bits per heavy atom. The molecule has 1 aliphatic carbocycles. The third kappa shape index (κ3) is 1.96. The molecule has 1 aromatic rings. The van der Waals surface area contributed by atoms with E-state index in [1.165, 1.54) is 18.2 Å². The van der Waals surface area contributed by atoms with Gasteiger partial charge in [0.15, 0.2) is 5.16 Å². The third-order valence-corrected chi connectivity index (χ3v) is 4.14. The van der Waals surface area contributed by atoms with Gasteiger partial charge >= 0.3 is 5.97 Å². The summed E-state index contributed by atoms with van der Waals surface area (Å²) in [6, 6.07) is 0. The number of aryl methyl sites for hydroxylation is 1. The Balaban J connectivity index is 2.22. The molecule has 0 bridgehead atoms. The average molecular weight is 240 g/mol. The van der Waals surface area contributed by atoms with Crippen LogP contribution in [0.4, 0.5) is 0 Å². The van der Waals surface area contributed by atoms with Gasteiger partial charge < -0.3 is 9.67 Å². The standard InChI is InChI=1S/C11H16N2O2S/c1-8-6-12-10(16-7-9(14)15)13(8)11(2)4-3-5-11/h6H,3-5,7H2,1-2H3,(H,14,15). The van der Waals surface area contributed by atoms with E-state index in [1.807, 2.05) is 13.1 Å². The Labute approximate surface area is 99.1 Å². The lowest BCUT2D eigenvalue weighted by molar-refractivity contribution is -0.133. The van der Waals surface area contributed by atoms with Crippen molar-refractivity contribution in [2.24, 2.45) is 0 Å². The van der Waals surface area contributed by atoms with Gasteiger partial charge in [0.2, 0.25) is 0 Å². The van der Waals surface area contributed by atoms with Gasteiger partial charge in [0.05, 0.1) is 5.75 Å². The first-order valence-corrected chi connectivity index (χ1v) is 6.41. The zero-order valence-electron chi connectivity index (χ0n) is 9.56. The van der Waals surface area contributed by atoms with Crippen LogP contribution < -0.4 is 0 Å². The van der Waals surface area contributed by atoms with Crippen LogP contribution in [0.3, 0.4) is 0 Å². The summed E-state index contributed by atoms with van der Waals surface area (Å²) in [7, 11) is 0. The number of carboxylic acids is 1. The van der Waals surface area contributed by atoms with Gasteiger partial charge in [0.25, 0.3) is 0 Å². The Morgan fingerprint density at radius 1 is 1.69 bits per heavy atom. The van der Waals surface area contributed by atoms with Gasteiger partial charge in [-0.3, -0.25) is 4.79 Å². The molecule has 0 saturated heterocycles. The fraction of sp³-hybridized carbons (Fsp3) is 0.636. The number of nitrogens with zero attached hydrogens (tertiary/aromatic N) is 2. The van der Waals surface area contributed by atoms with Crippen LogP contribution in [0, 0.1) is 6.92 Å². The molecule has 0 aromatic carbocycles. The molecule has 0 atom stereocenters. The Morgan fingerprint density at radius 2 is 2.38 bits per heavy atom. The Hall–Kier alpha value is -0.970. The Kier molecular flexibility index (Phi) is 2.97. The van der Waals surface area contributed by atoms with Crippen LogP contribution in [-0.2, 0) is 10.3 Å². The normalized spacial score (nSPS) is 18.1. The van der Waals surface area contributed by atoms with E-state index in [9.17, 15) is 4.79 Å². The molecule has 1 aromatic heterocycles. The van der Waals surface area contributed by atoms with Crippen molar-refractivity contribution >= 4 is 17.7 Å². The third-order valence-electron chi connectivity index (χ3n) is 3.20. The molecule has 1 N–H and O–H groups in total. The molecule has 16 heavy (non-hydrogen) atoms. The lowest BCUT2D eigenvalue weighted by Gasteiger charge is -2.41. The van der Waals surface area contributed by atoms with E-state index < -0.39 is 5.97 Å². The van der Waals surface area contributed by atoms with E-state index in [2.05, 4.69) is 16.5 Å². The number of hydrogen-bond donors (Lipinski definition) is 1. The van der Waals surface area contributed by atoms with E-state index in [0.29, 0.717) is 0 Å². The number of hydrogen-bond acceptors (Lipinski definition) is 3. The number of imidazole rings is 1. The SMILES string of the molecule is Cc1cnc(SCC(=O)O)n1C1(C)CCC1. The molecule has 0 amide bonds. The summed E-state index contributed by atoms with van der Waals surface area (Å²) in [5.41, 5.74) is 1.27. The first-order chi connectivity index (χ1) is 7.53. The fourth-order valence-corrected chi connectivity index (χ4v) is 3.09. The summed E-state index contributed by atoms with van der Waals surface area (Å²) in [6.07, 6.45) is 5.39. The predicted octanol–water partition coefficient (Wildman–Crippen LogP) is 2.27. The van der Waals surface area contributed by atoms with Gasteiger partial charge in [0.1, 0.15) is 0 Å². The monoisotopic (exact) mass is 240 g/mol. The van der Waals surface area contributed by atoms with E-state index in [-0.39, 0.29) is 11.3 Å². The van der Waals surface area contributed by atoms with E-state index in [1.54, 1.807) is 0 Å². The van der Waals surface area contributed by atoms with Crippen LogP contribution in [0.25, 0.3) is 0 Å². The summed E-state index contributed by atoms with van der Waals surface area (Å²) in [5, 5.41) is 9.52. The highest BCUT2D eigenvalue weighted by atomic mass is 32.2. The van der Waals surface area contributed by atoms with E-state index >= 15 is 0 Å². The largest absolute Gasteiger partial charge is 0.481 e. The molecule has 0 radical (unpaired) electrons. The molecule has 88 valence electrons. The van der Waals surface area contributed by atoms with E-state index in [4.69, 9.17) is 5.11 Å². The van der Waals surface area contributed by atoms with Crippen molar-refractivity contribution in [1.29, 1.82) is 0 Å². The lowest BCUT2D eigenvalue weighted by atomic mass is 9.78. The summed E-state index contributed by atoms with van der Waals surface area (Å²) in [4.78, 5) is 14.9. The lowest BCUT2D eigenvalue weighted by Crippen LogP contribution is -2.38. The van der Waals surface area contributed by atoms with Gasteiger partial charge in [-0.05, 0) is 33.1 Å². The molecule has 1 heterocycles. The molecular formula is C11H16N2O2S. The maximum Gasteiger partial charge on any atom is 0.313 e. The highest BCUT2D eigenvalue weighted by Gasteiger charge is 2.36. The molecule has 5 heteroatoms. The van der Waals surface area contributed by atoms with Crippen LogP contribution in [0.1, 0.15) is 31.9 Å². The van der Waals surface area contributed by atoms with Gasteiger partial charge in [-0.25, -0.2) is 4.98 Å². The zero-order valence-corrected chi connectivity index (χ0v) is 10.4. The summed E-state index contributed by atoms with van der Waals surface area (Å²) < 4.78 is 2.20. The van der Waals surface area contributed by atoms with Crippen LogP contribution in [0.5, 0.6) is 0 Å². The fourth-order valence-electron chi connectivity index (χ4n) is 2.21. The molecular weight excluding hydrogens is 224 g/mol. The summed E-state index contributed by atoms with van der Waals surface area (Å²) >= 11 is 1.30. The second kappa shape index (κ2) is 4.13. The van der Waals surface area contributed by atoms with E-state index in [0.717, 1.165) is 23.7 Å². The number of carboxylic acid groups (broad SMARTS) is 1. The molecule has 1 aliphatic rings. The minimum Gasteiger partial charge on any atom is -0.481 e. The quantitative estimate of drug-likeness (QED) is 0.820. The average Bonchev–Trinajstić information content (AvgIpc) is 2.53. The predicted molar refractivity (Wildman–Crippen MR) is 62.8 cm³/mol. The van der Waals surface area contributed by atoms with Crippen molar-refractivity contribution in [2.75, 3.05) is 5.75 Å². The second-order valence-electron chi connectivity index (χ2n) is 4.55. The first kappa shape index (κ1) is 11.5. The van der Waals surface area contributed by atoms with Crippen LogP contribution in [0.2, 0.25) is 0 Å². The number of rotatable bonds is 4. The van der Waals surface area contributed by atoms with Crippen molar-refractivity contribution < 1.29 is 9.90 Å². The van der Waals surface area contributed by atoms with Crippen LogP contribution >= 0.6 is 11.8 Å². The van der Waals surface area contributed by atoms with Gasteiger partial charge in [0, 0.05) is 17.4 Å². The molecule has 0 unspecified atom stereocenters. The number of aliphatic carboxylic acids is 1. The van der Waals surface area contributed by atoms with Gasteiger partial charge in [-0.1, -0.05) is 11.8 Å². The molecule has 0 aliphatic heterocycles. The number of aromatic nitrogens is 2. The maximum atomic E-state index is 10.6. The first-order valence-electron chi connectivity index (χ1n) is 5.42. The van der Waals surface area contributed by atoms with Gasteiger partial charge in [-0.2, -0.15) is 0 Å². The Bertz CT molecular complexity index is 410. The summed E-state index contributed by atoms with van der Waals surface area (Å²) in [6.45, 7) is 4.25. The van der Waals surface area contributed by atoms with Crippen molar-refractivity contribution in [3.63, 3.8) is 0 Å². The molecule has 0 spiro atoms. The molecule has 2 rings (SSSR count). The molecule has 1 saturated carbocycles. The van der Waals surface area contributed by atoms with Crippen LogP contribution in [0.15, 0.2) is 11.4 Å². The topological polar surface area (TPSA) is 55.1 Å². The van der Waals surface area contributed by atoms with Crippen molar-refractivity contribution in [3.8, 4) is 0 Å². The van der Waals surface area contributed by atoms with Crippen molar-refractivity contribution in [3.05, 3.63) is 11.9 Å². The highest BCUT2D eigenvalue weighted by molar-refractivity contribution is 7.99. The maximum absolute atomic E-state index is 10.6. The minimum atomic E-state index is -0.795. The second-order valence-corrected chi connectivity index (χ2v) is 5.49. The van der Waals surface area contributed by atoms with Crippen molar-refractivity contribution in [2.45, 2.75) is 43.8 Å². The van der Waals surface area contributed by atoms with Crippen molar-refractivity contribution in [1.82, 2.24) is 9.55 Å². The molecule has 4 nitrogen and oxygen atoms in total. The van der Waals surface area contributed by atoms with Gasteiger partial charge in [-0.15, -0.1) is 0 Å². The zero-order chi connectivity index (χ0) is 11.8. The molecule has 1 fully saturated rings.